The topological polar surface area (TPSA) is 0 Å². The molecule has 0 saturated heterocycles. The average molecular weight is 238 g/mol. The minimum Gasteiger partial charge on any atom is -0.0851 e. The van der Waals surface area contributed by atoms with Gasteiger partial charge in [0.15, 0.2) is 0 Å². The highest BCUT2D eigenvalue weighted by Gasteiger charge is 2.34. The summed E-state index contributed by atoms with van der Waals surface area (Å²) >= 11 is 0. The van der Waals surface area contributed by atoms with Crippen LogP contribution in [0.5, 0.6) is 0 Å². The SMILES string of the molecule is CCCC=C(C)C(C)(CC)C(C)C(C)C(C)C. The molecule has 102 valence electrons. The Balaban J connectivity index is 5.00. The lowest BCUT2D eigenvalue weighted by Crippen LogP contribution is -2.32. The number of allylic oxidation sites excluding steroid dienone is 2. The fraction of sp³-hybridized carbons (Fsp3) is 0.882. The van der Waals surface area contributed by atoms with Crippen molar-refractivity contribution in [2.45, 2.75) is 74.7 Å². The monoisotopic (exact) mass is 238 g/mol. The van der Waals surface area contributed by atoms with Gasteiger partial charge < -0.3 is 0 Å². The van der Waals surface area contributed by atoms with Crippen molar-refractivity contribution in [3.63, 3.8) is 0 Å². The van der Waals surface area contributed by atoms with Gasteiger partial charge >= 0.3 is 0 Å². The third kappa shape index (κ3) is 4.16. The van der Waals surface area contributed by atoms with Gasteiger partial charge in [-0.25, -0.2) is 0 Å². The molecule has 0 amide bonds. The second-order valence-electron chi connectivity index (χ2n) is 6.34. The van der Waals surface area contributed by atoms with E-state index < -0.39 is 0 Å². The van der Waals surface area contributed by atoms with Gasteiger partial charge in [0.2, 0.25) is 0 Å². The Bertz CT molecular complexity index is 236. The van der Waals surface area contributed by atoms with Gasteiger partial charge in [-0.1, -0.05) is 66.5 Å². The molecule has 0 heterocycles. The highest BCUT2D eigenvalue weighted by molar-refractivity contribution is 5.12. The molecule has 0 radical (unpaired) electrons. The van der Waals surface area contributed by atoms with Crippen molar-refractivity contribution in [3.05, 3.63) is 11.6 Å². The van der Waals surface area contributed by atoms with Gasteiger partial charge in [-0.2, -0.15) is 0 Å². The van der Waals surface area contributed by atoms with Gasteiger partial charge in [0.05, 0.1) is 0 Å². The maximum atomic E-state index is 2.47. The molecule has 0 aromatic carbocycles. The maximum Gasteiger partial charge on any atom is -0.00935 e. The molecule has 0 rings (SSSR count). The van der Waals surface area contributed by atoms with Gasteiger partial charge in [-0.05, 0) is 42.9 Å². The van der Waals surface area contributed by atoms with Gasteiger partial charge in [0.25, 0.3) is 0 Å². The first kappa shape index (κ1) is 16.7. The molecule has 3 unspecified atom stereocenters. The molecule has 0 aromatic heterocycles. The summed E-state index contributed by atoms with van der Waals surface area (Å²) in [7, 11) is 0. The highest BCUT2D eigenvalue weighted by Crippen LogP contribution is 2.44. The third-order valence-corrected chi connectivity index (χ3v) is 5.22. The van der Waals surface area contributed by atoms with Crippen molar-refractivity contribution < 1.29 is 0 Å². The highest BCUT2D eigenvalue weighted by atomic mass is 14.4. The normalized spacial score (nSPS) is 20.2. The van der Waals surface area contributed by atoms with Crippen LogP contribution in [0.15, 0.2) is 11.6 Å². The van der Waals surface area contributed by atoms with E-state index >= 15 is 0 Å². The van der Waals surface area contributed by atoms with Crippen LogP contribution >= 0.6 is 0 Å². The van der Waals surface area contributed by atoms with E-state index in [-0.39, 0.29) is 0 Å². The third-order valence-electron chi connectivity index (χ3n) is 5.22. The lowest BCUT2D eigenvalue weighted by Gasteiger charge is -2.41. The first-order valence-corrected chi connectivity index (χ1v) is 7.48. The lowest BCUT2D eigenvalue weighted by molar-refractivity contribution is 0.145. The van der Waals surface area contributed by atoms with Crippen LogP contribution in [0.1, 0.15) is 74.7 Å². The van der Waals surface area contributed by atoms with Crippen LogP contribution in [0.4, 0.5) is 0 Å². The zero-order valence-corrected chi connectivity index (χ0v) is 13.4. The fourth-order valence-corrected chi connectivity index (χ4v) is 2.71. The summed E-state index contributed by atoms with van der Waals surface area (Å²) in [6, 6.07) is 0. The minimum atomic E-state index is 0.374. The van der Waals surface area contributed by atoms with Crippen LogP contribution in [0.25, 0.3) is 0 Å². The molecule has 0 N–H and O–H groups in total. The maximum absolute atomic E-state index is 2.47. The van der Waals surface area contributed by atoms with Crippen molar-refractivity contribution in [2.24, 2.45) is 23.2 Å². The molecule has 0 nitrogen and oxygen atoms in total. The Labute approximate surface area is 110 Å². The largest absolute Gasteiger partial charge is 0.0851 e. The summed E-state index contributed by atoms with van der Waals surface area (Å²) in [6.07, 6.45) is 6.19. The zero-order valence-electron chi connectivity index (χ0n) is 13.4. The first-order chi connectivity index (χ1) is 7.81. The van der Waals surface area contributed by atoms with E-state index in [4.69, 9.17) is 0 Å². The summed E-state index contributed by atoms with van der Waals surface area (Å²) < 4.78 is 0. The predicted molar refractivity (Wildman–Crippen MR) is 80.2 cm³/mol. The summed E-state index contributed by atoms with van der Waals surface area (Å²) in [5.74, 6) is 2.31. The van der Waals surface area contributed by atoms with Crippen LogP contribution in [0.2, 0.25) is 0 Å². The second kappa shape index (κ2) is 7.24. The molecule has 0 aromatic rings. The first-order valence-electron chi connectivity index (χ1n) is 7.48. The summed E-state index contributed by atoms with van der Waals surface area (Å²) in [4.78, 5) is 0. The van der Waals surface area contributed by atoms with Crippen LogP contribution in [0.3, 0.4) is 0 Å². The molecule has 0 aliphatic rings. The Morgan fingerprint density at radius 2 is 1.65 bits per heavy atom. The number of hydrogen-bond acceptors (Lipinski definition) is 0. The number of rotatable bonds is 7. The van der Waals surface area contributed by atoms with Crippen LogP contribution in [-0.2, 0) is 0 Å². The molecule has 0 bridgehead atoms. The van der Waals surface area contributed by atoms with Crippen molar-refractivity contribution in [3.8, 4) is 0 Å². The van der Waals surface area contributed by atoms with Crippen LogP contribution in [-0.4, -0.2) is 0 Å². The van der Waals surface area contributed by atoms with Crippen molar-refractivity contribution in [1.82, 2.24) is 0 Å². The summed E-state index contributed by atoms with van der Waals surface area (Å²) in [5, 5.41) is 0. The Morgan fingerprint density at radius 3 is 2.00 bits per heavy atom. The molecule has 0 aliphatic heterocycles. The van der Waals surface area contributed by atoms with Crippen molar-refractivity contribution >= 4 is 0 Å². The van der Waals surface area contributed by atoms with Crippen LogP contribution < -0.4 is 0 Å². The second-order valence-corrected chi connectivity index (χ2v) is 6.34. The molecule has 0 saturated carbocycles. The number of hydrogen-bond donors (Lipinski definition) is 0. The zero-order chi connectivity index (χ0) is 13.6. The average Bonchev–Trinajstić information content (AvgIpc) is 2.32. The van der Waals surface area contributed by atoms with E-state index in [1.165, 1.54) is 19.3 Å². The standard InChI is InChI=1S/C17H34/c1-9-11-12-14(5)17(8,10-2)16(7)15(6)13(3)4/h12-13,15-16H,9-11H2,1-8H3. The van der Waals surface area contributed by atoms with E-state index in [2.05, 4.69) is 61.5 Å². The smallest absolute Gasteiger partial charge is 0.00935 e. The van der Waals surface area contributed by atoms with E-state index in [0.29, 0.717) is 5.41 Å². The summed E-state index contributed by atoms with van der Waals surface area (Å²) in [6.45, 7) is 18.9. The molecular weight excluding hydrogens is 204 g/mol. The summed E-state index contributed by atoms with van der Waals surface area (Å²) in [5.41, 5.74) is 1.97. The van der Waals surface area contributed by atoms with E-state index in [1.807, 2.05) is 0 Å². The molecule has 17 heavy (non-hydrogen) atoms. The van der Waals surface area contributed by atoms with Gasteiger partial charge in [-0.15, -0.1) is 0 Å². The van der Waals surface area contributed by atoms with E-state index in [0.717, 1.165) is 17.8 Å². The fourth-order valence-electron chi connectivity index (χ4n) is 2.71. The lowest BCUT2D eigenvalue weighted by atomic mass is 9.64. The predicted octanol–water partition coefficient (Wildman–Crippen LogP) is 6.08. The number of unbranched alkanes of at least 4 members (excludes halogenated alkanes) is 1. The molecule has 3 atom stereocenters. The Kier molecular flexibility index (Phi) is 7.13. The minimum absolute atomic E-state index is 0.374. The molecular formula is C17H34. The van der Waals surface area contributed by atoms with Crippen LogP contribution in [0, 0.1) is 23.2 Å². The van der Waals surface area contributed by atoms with Gasteiger partial charge in [0, 0.05) is 0 Å². The van der Waals surface area contributed by atoms with Gasteiger partial charge in [-0.3, -0.25) is 0 Å². The van der Waals surface area contributed by atoms with Crippen molar-refractivity contribution in [1.29, 1.82) is 0 Å². The van der Waals surface area contributed by atoms with E-state index in [9.17, 15) is 0 Å². The molecule has 0 heteroatoms. The Morgan fingerprint density at radius 1 is 1.12 bits per heavy atom. The molecule has 0 aliphatic carbocycles. The molecule has 0 spiro atoms. The quantitative estimate of drug-likeness (QED) is 0.472. The molecule has 0 fully saturated rings. The van der Waals surface area contributed by atoms with Gasteiger partial charge in [0.1, 0.15) is 0 Å². The van der Waals surface area contributed by atoms with E-state index in [1.54, 1.807) is 5.57 Å². The Hall–Kier alpha value is -0.260. The van der Waals surface area contributed by atoms with Crippen molar-refractivity contribution in [2.75, 3.05) is 0 Å².